The van der Waals surface area contributed by atoms with E-state index in [9.17, 15) is 8.42 Å². The lowest BCUT2D eigenvalue weighted by Crippen LogP contribution is -2.58. The van der Waals surface area contributed by atoms with Crippen molar-refractivity contribution in [3.8, 4) is 0 Å². The molecular weight excluding hydrogens is 286 g/mol. The highest BCUT2D eigenvalue weighted by molar-refractivity contribution is 7.91. The van der Waals surface area contributed by atoms with Gasteiger partial charge in [0.15, 0.2) is 15.8 Å². The van der Waals surface area contributed by atoms with Crippen LogP contribution in [0.5, 0.6) is 0 Å². The van der Waals surface area contributed by atoms with E-state index in [-0.39, 0.29) is 0 Å². The lowest BCUT2D eigenvalue weighted by Gasteiger charge is -2.40. The van der Waals surface area contributed by atoms with Crippen molar-refractivity contribution in [3.63, 3.8) is 0 Å². The van der Waals surface area contributed by atoms with Crippen LogP contribution in [0.1, 0.15) is 24.8 Å². The Morgan fingerprint density at radius 3 is 2.86 bits per heavy atom. The van der Waals surface area contributed by atoms with Crippen molar-refractivity contribution in [3.05, 3.63) is 29.8 Å². The average molecular weight is 307 g/mol. The Balaban J connectivity index is 2.11. The molecule has 1 aromatic rings. The fraction of sp³-hybridized carbons (Fsp3) is 0.533. The minimum Gasteiger partial charge on any atom is -0.369 e. The van der Waals surface area contributed by atoms with Crippen molar-refractivity contribution in [1.82, 2.24) is 0 Å². The summed E-state index contributed by atoms with van der Waals surface area (Å²) >= 11 is 0. The zero-order valence-electron chi connectivity index (χ0n) is 12.4. The Labute approximate surface area is 125 Å². The summed E-state index contributed by atoms with van der Waals surface area (Å²) in [5, 5.41) is -0.407. The van der Waals surface area contributed by atoms with Gasteiger partial charge in [0.2, 0.25) is 0 Å². The molecule has 2 unspecified atom stereocenters. The number of aliphatic imine (C=N–C) groups is 1. The molecular formula is C15H21N3O2S. The predicted molar refractivity (Wildman–Crippen MR) is 85.4 cm³/mol. The summed E-state index contributed by atoms with van der Waals surface area (Å²) in [6.45, 7) is 2.48. The van der Waals surface area contributed by atoms with Crippen LogP contribution in [0.2, 0.25) is 0 Å². The number of nitrogens with zero attached hydrogens (tertiary/aromatic N) is 2. The summed E-state index contributed by atoms with van der Waals surface area (Å²) < 4.78 is 24.5. The lowest BCUT2D eigenvalue weighted by atomic mass is 9.95. The minimum atomic E-state index is -3.14. The van der Waals surface area contributed by atoms with Gasteiger partial charge in [-0.2, -0.15) is 0 Å². The molecule has 0 radical (unpaired) electrons. The van der Waals surface area contributed by atoms with E-state index < -0.39 is 20.6 Å². The minimum absolute atomic E-state index is 0.407. The molecule has 5 nitrogen and oxygen atoms in total. The maximum Gasteiger partial charge on any atom is 0.196 e. The molecule has 1 aliphatic carbocycles. The van der Waals surface area contributed by atoms with Gasteiger partial charge in [-0.15, -0.1) is 0 Å². The zero-order chi connectivity index (χ0) is 15.3. The fourth-order valence-corrected chi connectivity index (χ4v) is 5.51. The number of rotatable bonds is 2. The van der Waals surface area contributed by atoms with Crippen LogP contribution in [0, 0.1) is 6.92 Å². The van der Waals surface area contributed by atoms with Crippen LogP contribution < -0.4 is 10.6 Å². The Kier molecular flexibility index (Phi) is 3.24. The van der Waals surface area contributed by atoms with Crippen molar-refractivity contribution in [2.75, 3.05) is 17.7 Å². The van der Waals surface area contributed by atoms with Crippen LogP contribution >= 0.6 is 0 Å². The second-order valence-corrected chi connectivity index (χ2v) is 8.39. The van der Waals surface area contributed by atoms with E-state index in [0.717, 1.165) is 24.1 Å². The molecule has 1 saturated carbocycles. The summed E-state index contributed by atoms with van der Waals surface area (Å²) in [5.74, 6) is 0.427. The quantitative estimate of drug-likeness (QED) is 0.897. The number of hydrogen-bond acceptors (Lipinski definition) is 5. The molecule has 2 aliphatic rings. The second kappa shape index (κ2) is 4.73. The summed E-state index contributed by atoms with van der Waals surface area (Å²) in [5.41, 5.74) is 7.65. The normalized spacial score (nSPS) is 29.1. The van der Waals surface area contributed by atoms with E-state index in [4.69, 9.17) is 5.73 Å². The van der Waals surface area contributed by atoms with Gasteiger partial charge in [-0.1, -0.05) is 12.1 Å². The highest BCUT2D eigenvalue weighted by Gasteiger charge is 2.55. The smallest absolute Gasteiger partial charge is 0.196 e. The van der Waals surface area contributed by atoms with E-state index in [1.165, 1.54) is 6.26 Å². The van der Waals surface area contributed by atoms with E-state index in [2.05, 4.69) is 4.99 Å². The third-order valence-electron chi connectivity index (χ3n) is 4.64. The first-order chi connectivity index (χ1) is 9.84. The number of anilines is 1. The zero-order valence-corrected chi connectivity index (χ0v) is 13.2. The Morgan fingerprint density at radius 2 is 2.19 bits per heavy atom. The van der Waals surface area contributed by atoms with Gasteiger partial charge in [0.1, 0.15) is 0 Å². The standard InChI is InChI=1S/C15H21N3O2S/c1-11-5-3-6-12(9-11)18-14(16)17-10-15(18)8-4-7-13(15)21(2,19)20/h3,5-6,9,13H,4,7-8,10H2,1-2H3,(H2,16,17). The van der Waals surface area contributed by atoms with Crippen molar-refractivity contribution >= 4 is 21.5 Å². The molecule has 0 bridgehead atoms. The third-order valence-corrected chi connectivity index (χ3v) is 6.35. The lowest BCUT2D eigenvalue weighted by molar-refractivity contribution is 0.462. The fourth-order valence-electron chi connectivity index (χ4n) is 3.82. The van der Waals surface area contributed by atoms with Gasteiger partial charge in [-0.25, -0.2) is 8.42 Å². The van der Waals surface area contributed by atoms with Gasteiger partial charge in [-0.3, -0.25) is 4.99 Å². The molecule has 1 aromatic carbocycles. The van der Waals surface area contributed by atoms with Gasteiger partial charge in [0, 0.05) is 11.9 Å². The van der Waals surface area contributed by atoms with Crippen LogP contribution in [0.4, 0.5) is 5.69 Å². The first-order valence-electron chi connectivity index (χ1n) is 7.20. The average Bonchev–Trinajstić information content (AvgIpc) is 2.95. The molecule has 0 amide bonds. The molecule has 1 heterocycles. The molecule has 3 rings (SSSR count). The Hall–Kier alpha value is -1.56. The number of nitrogens with two attached hydrogens (primary N) is 1. The highest BCUT2D eigenvalue weighted by Crippen LogP contribution is 2.44. The van der Waals surface area contributed by atoms with Gasteiger partial charge in [0.25, 0.3) is 0 Å². The summed E-state index contributed by atoms with van der Waals surface area (Å²) in [6, 6.07) is 7.99. The molecule has 1 fully saturated rings. The Morgan fingerprint density at radius 1 is 1.43 bits per heavy atom. The van der Waals surface area contributed by atoms with Gasteiger partial charge in [-0.05, 0) is 43.9 Å². The number of hydrogen-bond donors (Lipinski definition) is 1. The van der Waals surface area contributed by atoms with Crippen molar-refractivity contribution < 1.29 is 8.42 Å². The number of benzene rings is 1. The molecule has 6 heteroatoms. The number of guanidine groups is 1. The first-order valence-corrected chi connectivity index (χ1v) is 9.16. The Bertz CT molecular complexity index is 699. The molecule has 114 valence electrons. The number of aryl methyl sites for hydroxylation is 1. The molecule has 0 aromatic heterocycles. The second-order valence-electron chi connectivity index (χ2n) is 6.16. The maximum absolute atomic E-state index is 12.2. The van der Waals surface area contributed by atoms with Crippen molar-refractivity contribution in [2.24, 2.45) is 10.7 Å². The highest BCUT2D eigenvalue weighted by atomic mass is 32.2. The number of sulfone groups is 1. The van der Waals surface area contributed by atoms with E-state index in [0.29, 0.717) is 18.9 Å². The monoisotopic (exact) mass is 307 g/mol. The predicted octanol–water partition coefficient (Wildman–Crippen LogP) is 1.47. The summed E-state index contributed by atoms with van der Waals surface area (Å²) in [6.07, 6.45) is 3.71. The van der Waals surface area contributed by atoms with Gasteiger partial charge >= 0.3 is 0 Å². The first kappa shape index (κ1) is 14.4. The maximum atomic E-state index is 12.2. The van der Waals surface area contributed by atoms with E-state index in [1.54, 1.807) is 0 Å². The summed E-state index contributed by atoms with van der Waals surface area (Å²) in [4.78, 5) is 6.34. The topological polar surface area (TPSA) is 75.8 Å². The van der Waals surface area contributed by atoms with Crippen molar-refractivity contribution in [1.29, 1.82) is 0 Å². The van der Waals surface area contributed by atoms with Crippen LogP contribution in [0.15, 0.2) is 29.3 Å². The summed E-state index contributed by atoms with van der Waals surface area (Å²) in [7, 11) is -3.14. The SMILES string of the molecule is Cc1cccc(N2C(N)=NCC23CCCC3S(C)(=O)=O)c1. The molecule has 1 spiro atoms. The van der Waals surface area contributed by atoms with Crippen LogP contribution in [0.25, 0.3) is 0 Å². The molecule has 21 heavy (non-hydrogen) atoms. The largest absolute Gasteiger partial charge is 0.369 e. The van der Waals surface area contributed by atoms with Crippen molar-refractivity contribution in [2.45, 2.75) is 37.0 Å². The van der Waals surface area contributed by atoms with Crippen LogP contribution in [-0.2, 0) is 9.84 Å². The molecule has 1 aliphatic heterocycles. The van der Waals surface area contributed by atoms with E-state index in [1.807, 2.05) is 36.1 Å². The van der Waals surface area contributed by atoms with E-state index >= 15 is 0 Å². The molecule has 2 N–H and O–H groups in total. The van der Waals surface area contributed by atoms with Crippen LogP contribution in [-0.4, -0.2) is 38.0 Å². The molecule has 0 saturated heterocycles. The molecule has 2 atom stereocenters. The van der Waals surface area contributed by atoms with Crippen LogP contribution in [0.3, 0.4) is 0 Å². The third kappa shape index (κ3) is 2.21. The van der Waals surface area contributed by atoms with Gasteiger partial charge in [0.05, 0.1) is 17.3 Å². The van der Waals surface area contributed by atoms with Gasteiger partial charge < -0.3 is 10.6 Å².